The summed E-state index contributed by atoms with van der Waals surface area (Å²) in [4.78, 5) is 22.6. The van der Waals surface area contributed by atoms with Gasteiger partial charge in [0.25, 0.3) is 6.01 Å². The van der Waals surface area contributed by atoms with E-state index in [0.717, 1.165) is 50.1 Å². The van der Waals surface area contributed by atoms with Crippen molar-refractivity contribution in [3.8, 4) is 0 Å². The Morgan fingerprint density at radius 3 is 2.59 bits per heavy atom. The molecule has 2 aliphatic heterocycles. The number of carbonyl (C=O) groups is 1. The van der Waals surface area contributed by atoms with Crippen molar-refractivity contribution in [2.24, 2.45) is 0 Å². The van der Waals surface area contributed by atoms with Crippen molar-refractivity contribution < 1.29 is 9.21 Å². The summed E-state index contributed by atoms with van der Waals surface area (Å²) in [5.74, 6) is 0. The third-order valence-electron chi connectivity index (χ3n) is 4.71. The van der Waals surface area contributed by atoms with E-state index in [9.17, 15) is 4.79 Å². The van der Waals surface area contributed by atoms with Crippen molar-refractivity contribution >= 4 is 23.1 Å². The third kappa shape index (κ3) is 2.19. The first-order chi connectivity index (χ1) is 10.7. The van der Waals surface area contributed by atoms with Crippen LogP contribution in [-0.4, -0.2) is 60.1 Å². The van der Waals surface area contributed by atoms with Crippen molar-refractivity contribution in [1.82, 2.24) is 14.8 Å². The number of anilines is 1. The molecule has 0 unspecified atom stereocenters. The fourth-order valence-corrected chi connectivity index (χ4v) is 3.37. The molecule has 0 spiro atoms. The standard InChI is InChI=1S/C16H20N4O2/c1-18-10-11-20(16(18)21)12-6-8-19(9-7-12)15-17-13-4-2-3-5-14(13)22-15/h2-5,12H,6-11H2,1H3. The van der Waals surface area contributed by atoms with Gasteiger partial charge in [-0.15, -0.1) is 0 Å². The second kappa shape index (κ2) is 5.19. The van der Waals surface area contributed by atoms with E-state index < -0.39 is 0 Å². The van der Waals surface area contributed by atoms with Crippen molar-refractivity contribution in [2.45, 2.75) is 18.9 Å². The lowest BCUT2D eigenvalue weighted by Crippen LogP contribution is -2.46. The Morgan fingerprint density at radius 2 is 1.91 bits per heavy atom. The number of benzene rings is 1. The molecule has 2 aromatic rings. The quantitative estimate of drug-likeness (QED) is 0.853. The summed E-state index contributed by atoms with van der Waals surface area (Å²) in [7, 11) is 1.87. The summed E-state index contributed by atoms with van der Waals surface area (Å²) in [6.07, 6.45) is 1.94. The predicted molar refractivity (Wildman–Crippen MR) is 84.0 cm³/mol. The van der Waals surface area contributed by atoms with Crippen LogP contribution in [0.5, 0.6) is 0 Å². The van der Waals surface area contributed by atoms with Crippen molar-refractivity contribution in [1.29, 1.82) is 0 Å². The molecule has 3 heterocycles. The Balaban J connectivity index is 1.44. The SMILES string of the molecule is CN1CCN(C2CCN(c3nc4ccccc4o3)CC2)C1=O. The average molecular weight is 300 g/mol. The molecule has 116 valence electrons. The maximum Gasteiger partial charge on any atom is 0.320 e. The monoisotopic (exact) mass is 300 g/mol. The highest BCUT2D eigenvalue weighted by Crippen LogP contribution is 2.26. The van der Waals surface area contributed by atoms with Gasteiger partial charge < -0.3 is 19.1 Å². The Kier molecular flexibility index (Phi) is 3.17. The largest absolute Gasteiger partial charge is 0.423 e. The van der Waals surface area contributed by atoms with Gasteiger partial charge in [-0.05, 0) is 25.0 Å². The van der Waals surface area contributed by atoms with Gasteiger partial charge in [-0.25, -0.2) is 4.79 Å². The zero-order valence-corrected chi connectivity index (χ0v) is 12.7. The van der Waals surface area contributed by atoms with Crippen molar-refractivity contribution in [3.63, 3.8) is 0 Å². The second-order valence-electron chi connectivity index (χ2n) is 6.08. The number of piperidine rings is 1. The molecule has 0 aliphatic carbocycles. The number of oxazole rings is 1. The predicted octanol–water partition coefficient (Wildman–Crippen LogP) is 2.16. The molecule has 22 heavy (non-hydrogen) atoms. The Hall–Kier alpha value is -2.24. The van der Waals surface area contributed by atoms with Crippen LogP contribution in [0, 0.1) is 0 Å². The van der Waals surface area contributed by atoms with Gasteiger partial charge in [0.2, 0.25) is 0 Å². The maximum atomic E-state index is 12.1. The number of likely N-dealkylation sites (N-methyl/N-ethyl adjacent to an activating group) is 1. The minimum atomic E-state index is 0.167. The Bertz CT molecular complexity index is 657. The van der Waals surface area contributed by atoms with Gasteiger partial charge in [0.15, 0.2) is 5.58 Å². The first-order valence-corrected chi connectivity index (χ1v) is 7.84. The summed E-state index contributed by atoms with van der Waals surface area (Å²) in [6.45, 7) is 3.45. The van der Waals surface area contributed by atoms with Gasteiger partial charge >= 0.3 is 6.03 Å². The van der Waals surface area contributed by atoms with Crippen molar-refractivity contribution in [2.75, 3.05) is 38.1 Å². The molecule has 2 saturated heterocycles. The number of amides is 2. The third-order valence-corrected chi connectivity index (χ3v) is 4.71. The molecule has 0 radical (unpaired) electrons. The van der Waals surface area contributed by atoms with Gasteiger partial charge in [-0.3, -0.25) is 0 Å². The number of aromatic nitrogens is 1. The number of para-hydroxylation sites is 2. The van der Waals surface area contributed by atoms with E-state index in [1.165, 1.54) is 0 Å². The minimum Gasteiger partial charge on any atom is -0.423 e. The lowest BCUT2D eigenvalue weighted by Gasteiger charge is -2.35. The summed E-state index contributed by atoms with van der Waals surface area (Å²) < 4.78 is 5.83. The number of nitrogens with zero attached hydrogens (tertiary/aromatic N) is 4. The molecule has 0 N–H and O–H groups in total. The molecule has 0 saturated carbocycles. The molecule has 2 amide bonds. The van der Waals surface area contributed by atoms with E-state index in [0.29, 0.717) is 12.1 Å². The molecule has 6 nitrogen and oxygen atoms in total. The highest BCUT2D eigenvalue weighted by molar-refractivity contribution is 5.76. The number of hydrogen-bond donors (Lipinski definition) is 0. The maximum absolute atomic E-state index is 12.1. The average Bonchev–Trinajstić information content (AvgIpc) is 3.12. The molecule has 1 aromatic carbocycles. The number of carbonyl (C=O) groups excluding carboxylic acids is 1. The van der Waals surface area contributed by atoms with Crippen molar-refractivity contribution in [3.05, 3.63) is 24.3 Å². The zero-order valence-electron chi connectivity index (χ0n) is 12.7. The van der Waals surface area contributed by atoms with Crippen LogP contribution in [0.4, 0.5) is 10.8 Å². The topological polar surface area (TPSA) is 52.8 Å². The number of hydrogen-bond acceptors (Lipinski definition) is 4. The van der Waals surface area contributed by atoms with Crippen LogP contribution in [0.25, 0.3) is 11.1 Å². The molecular formula is C16H20N4O2. The van der Waals surface area contributed by atoms with Gasteiger partial charge in [-0.2, -0.15) is 4.98 Å². The second-order valence-corrected chi connectivity index (χ2v) is 6.08. The molecule has 1 aromatic heterocycles. The van der Waals surface area contributed by atoms with E-state index >= 15 is 0 Å². The molecule has 4 rings (SSSR count). The number of fused-ring (bicyclic) bond motifs is 1. The normalized spacial score (nSPS) is 20.4. The highest BCUT2D eigenvalue weighted by atomic mass is 16.4. The van der Waals surface area contributed by atoms with Gasteiger partial charge in [0.1, 0.15) is 5.52 Å². The first kappa shape index (κ1) is 13.4. The first-order valence-electron chi connectivity index (χ1n) is 7.84. The van der Waals surface area contributed by atoms with Crippen LogP contribution >= 0.6 is 0 Å². The summed E-state index contributed by atoms with van der Waals surface area (Å²) >= 11 is 0. The number of urea groups is 1. The van der Waals surface area contributed by atoms with Gasteiger partial charge in [-0.1, -0.05) is 12.1 Å². The Labute approximate surface area is 129 Å². The summed E-state index contributed by atoms with van der Waals surface area (Å²) in [5, 5.41) is 0. The summed E-state index contributed by atoms with van der Waals surface area (Å²) in [5.41, 5.74) is 1.73. The van der Waals surface area contributed by atoms with Crippen LogP contribution in [0.3, 0.4) is 0 Å². The van der Waals surface area contributed by atoms with Crippen LogP contribution in [-0.2, 0) is 0 Å². The molecule has 2 aliphatic rings. The highest BCUT2D eigenvalue weighted by Gasteiger charge is 2.34. The molecule has 0 bridgehead atoms. The Morgan fingerprint density at radius 1 is 1.14 bits per heavy atom. The zero-order chi connectivity index (χ0) is 15.1. The van der Waals surface area contributed by atoms with E-state index in [2.05, 4.69) is 9.88 Å². The lowest BCUT2D eigenvalue weighted by molar-refractivity contribution is 0.172. The fraction of sp³-hybridized carbons (Fsp3) is 0.500. The molecule has 2 fully saturated rings. The molecule has 6 heteroatoms. The lowest BCUT2D eigenvalue weighted by atomic mass is 10.0. The smallest absolute Gasteiger partial charge is 0.320 e. The van der Waals surface area contributed by atoms with E-state index in [-0.39, 0.29) is 6.03 Å². The van der Waals surface area contributed by atoms with Crippen LogP contribution in [0.1, 0.15) is 12.8 Å². The van der Waals surface area contributed by atoms with Crippen LogP contribution in [0.2, 0.25) is 0 Å². The molecule has 0 atom stereocenters. The van der Waals surface area contributed by atoms with E-state index in [1.54, 1.807) is 4.90 Å². The summed E-state index contributed by atoms with van der Waals surface area (Å²) in [6, 6.07) is 9.04. The van der Waals surface area contributed by atoms with Crippen LogP contribution in [0.15, 0.2) is 28.7 Å². The van der Waals surface area contributed by atoms with Gasteiger partial charge in [0.05, 0.1) is 0 Å². The fourth-order valence-electron chi connectivity index (χ4n) is 3.37. The minimum absolute atomic E-state index is 0.167. The van der Waals surface area contributed by atoms with E-state index in [4.69, 9.17) is 4.42 Å². The van der Waals surface area contributed by atoms with Gasteiger partial charge in [0, 0.05) is 39.3 Å². The van der Waals surface area contributed by atoms with E-state index in [1.807, 2.05) is 36.2 Å². The number of rotatable bonds is 2. The molecular weight excluding hydrogens is 280 g/mol. The van der Waals surface area contributed by atoms with Crippen LogP contribution < -0.4 is 4.90 Å².